The molecule has 0 radical (unpaired) electrons. The number of rotatable bonds is 10. The Morgan fingerprint density at radius 3 is 2.29 bits per heavy atom. The van der Waals surface area contributed by atoms with E-state index in [4.69, 9.17) is 4.42 Å². The molecule has 2 nitrogen and oxygen atoms in total. The van der Waals surface area contributed by atoms with Crippen molar-refractivity contribution in [1.82, 2.24) is 0 Å². The maximum atomic E-state index is 9.79. The highest BCUT2D eigenvalue weighted by molar-refractivity contribution is 5.01. The smallest absolute Gasteiger partial charge is 0.132 e. The summed E-state index contributed by atoms with van der Waals surface area (Å²) in [5.74, 6) is 0.702. The highest BCUT2D eigenvalue weighted by Crippen LogP contribution is 2.20. The predicted octanol–water partition coefficient (Wildman–Crippen LogP) is 4.84. The molecular formula is C15H26O2. The molecule has 0 aromatic carbocycles. The van der Waals surface area contributed by atoms with E-state index in [9.17, 15) is 5.11 Å². The van der Waals surface area contributed by atoms with E-state index in [0.29, 0.717) is 5.76 Å². The molecule has 1 N–H and O–H groups in total. The van der Waals surface area contributed by atoms with Crippen LogP contribution in [0.15, 0.2) is 22.8 Å². The lowest BCUT2D eigenvalue weighted by Gasteiger charge is -2.07. The van der Waals surface area contributed by atoms with E-state index in [0.717, 1.165) is 12.8 Å². The lowest BCUT2D eigenvalue weighted by molar-refractivity contribution is 0.136. The first-order valence-corrected chi connectivity index (χ1v) is 7.06. The Morgan fingerprint density at radius 2 is 1.71 bits per heavy atom. The third kappa shape index (κ3) is 6.52. The Labute approximate surface area is 105 Å². The van der Waals surface area contributed by atoms with Crippen LogP contribution in [0.5, 0.6) is 0 Å². The third-order valence-corrected chi connectivity index (χ3v) is 3.20. The van der Waals surface area contributed by atoms with Gasteiger partial charge in [-0.05, 0) is 18.6 Å². The third-order valence-electron chi connectivity index (χ3n) is 3.20. The zero-order valence-electron chi connectivity index (χ0n) is 11.0. The van der Waals surface area contributed by atoms with Gasteiger partial charge in [-0.1, -0.05) is 58.3 Å². The molecule has 0 aliphatic carbocycles. The van der Waals surface area contributed by atoms with Crippen LogP contribution in [0.2, 0.25) is 0 Å². The zero-order valence-corrected chi connectivity index (χ0v) is 11.0. The minimum absolute atomic E-state index is 0.412. The highest BCUT2D eigenvalue weighted by Gasteiger charge is 2.08. The van der Waals surface area contributed by atoms with E-state index < -0.39 is 6.10 Å². The van der Waals surface area contributed by atoms with Crippen LogP contribution in [0.1, 0.15) is 76.6 Å². The van der Waals surface area contributed by atoms with Crippen molar-refractivity contribution < 1.29 is 9.52 Å². The first-order chi connectivity index (χ1) is 8.34. The second-order valence-electron chi connectivity index (χ2n) is 4.79. The summed E-state index contributed by atoms with van der Waals surface area (Å²) in [5, 5.41) is 9.79. The minimum Gasteiger partial charge on any atom is -0.467 e. The van der Waals surface area contributed by atoms with E-state index in [1.165, 1.54) is 44.9 Å². The van der Waals surface area contributed by atoms with Gasteiger partial charge in [0.1, 0.15) is 11.9 Å². The van der Waals surface area contributed by atoms with Crippen LogP contribution in [0, 0.1) is 0 Å². The van der Waals surface area contributed by atoms with Crippen molar-refractivity contribution in [3.05, 3.63) is 24.2 Å². The number of unbranched alkanes of at least 4 members (excludes halogenated alkanes) is 7. The molecule has 0 spiro atoms. The molecule has 0 bridgehead atoms. The Bertz CT molecular complexity index is 254. The fraction of sp³-hybridized carbons (Fsp3) is 0.733. The maximum Gasteiger partial charge on any atom is 0.132 e. The molecule has 1 atom stereocenters. The van der Waals surface area contributed by atoms with E-state index in [1.807, 2.05) is 12.1 Å². The highest BCUT2D eigenvalue weighted by atomic mass is 16.4. The summed E-state index contributed by atoms with van der Waals surface area (Å²) in [6.45, 7) is 2.25. The van der Waals surface area contributed by atoms with Gasteiger partial charge in [-0.3, -0.25) is 0 Å². The molecule has 98 valence electrons. The quantitative estimate of drug-likeness (QED) is 0.591. The summed E-state index contributed by atoms with van der Waals surface area (Å²) < 4.78 is 5.17. The molecule has 0 fully saturated rings. The number of hydrogen-bond acceptors (Lipinski definition) is 2. The SMILES string of the molecule is CCCCCCCCCC[C@H](O)c1ccco1. The van der Waals surface area contributed by atoms with E-state index in [2.05, 4.69) is 6.92 Å². The summed E-state index contributed by atoms with van der Waals surface area (Å²) >= 11 is 0. The molecule has 17 heavy (non-hydrogen) atoms. The van der Waals surface area contributed by atoms with Crippen LogP contribution in [-0.2, 0) is 0 Å². The molecule has 0 saturated heterocycles. The Morgan fingerprint density at radius 1 is 1.06 bits per heavy atom. The molecule has 0 amide bonds. The van der Waals surface area contributed by atoms with Crippen molar-refractivity contribution in [3.8, 4) is 0 Å². The van der Waals surface area contributed by atoms with Gasteiger partial charge in [-0.15, -0.1) is 0 Å². The molecule has 1 aromatic rings. The van der Waals surface area contributed by atoms with Gasteiger partial charge in [0.25, 0.3) is 0 Å². The molecule has 1 heterocycles. The van der Waals surface area contributed by atoms with Crippen LogP contribution in [0.25, 0.3) is 0 Å². The van der Waals surface area contributed by atoms with Gasteiger partial charge in [-0.2, -0.15) is 0 Å². The van der Waals surface area contributed by atoms with Gasteiger partial charge in [-0.25, -0.2) is 0 Å². The Hall–Kier alpha value is -0.760. The van der Waals surface area contributed by atoms with Gasteiger partial charge < -0.3 is 9.52 Å². The number of aliphatic hydroxyl groups is 1. The Balaban J connectivity index is 1.90. The first kappa shape index (κ1) is 14.3. The van der Waals surface area contributed by atoms with Crippen LogP contribution in [0.3, 0.4) is 0 Å². The topological polar surface area (TPSA) is 33.4 Å². The molecular weight excluding hydrogens is 212 g/mol. The Kier molecular flexibility index (Phi) is 7.81. The number of furan rings is 1. The second-order valence-corrected chi connectivity index (χ2v) is 4.79. The van der Waals surface area contributed by atoms with E-state index in [1.54, 1.807) is 6.26 Å². The van der Waals surface area contributed by atoms with Crippen molar-refractivity contribution in [2.45, 2.75) is 70.8 Å². The molecule has 0 aliphatic rings. The lowest BCUT2D eigenvalue weighted by Crippen LogP contribution is -1.95. The summed E-state index contributed by atoms with van der Waals surface area (Å²) in [6.07, 6.45) is 12.4. The van der Waals surface area contributed by atoms with Crippen LogP contribution in [0.4, 0.5) is 0 Å². The summed E-state index contributed by atoms with van der Waals surface area (Å²) in [7, 11) is 0. The van der Waals surface area contributed by atoms with Crippen LogP contribution >= 0.6 is 0 Å². The predicted molar refractivity (Wildman–Crippen MR) is 70.9 cm³/mol. The summed E-state index contributed by atoms with van der Waals surface area (Å²) in [5.41, 5.74) is 0. The van der Waals surface area contributed by atoms with Crippen molar-refractivity contribution in [2.24, 2.45) is 0 Å². The van der Waals surface area contributed by atoms with E-state index >= 15 is 0 Å². The molecule has 0 unspecified atom stereocenters. The fourth-order valence-corrected chi connectivity index (χ4v) is 2.09. The number of aliphatic hydroxyl groups excluding tert-OH is 1. The average Bonchev–Trinajstić information content (AvgIpc) is 2.86. The summed E-state index contributed by atoms with van der Waals surface area (Å²) in [4.78, 5) is 0. The lowest BCUT2D eigenvalue weighted by atomic mass is 10.0. The molecule has 0 saturated carbocycles. The fourth-order valence-electron chi connectivity index (χ4n) is 2.09. The molecule has 2 heteroatoms. The first-order valence-electron chi connectivity index (χ1n) is 7.06. The maximum absolute atomic E-state index is 9.79. The molecule has 1 aromatic heterocycles. The zero-order chi connectivity index (χ0) is 12.3. The summed E-state index contributed by atoms with van der Waals surface area (Å²) in [6, 6.07) is 3.67. The van der Waals surface area contributed by atoms with Gasteiger partial charge in [0.15, 0.2) is 0 Å². The van der Waals surface area contributed by atoms with Gasteiger partial charge in [0.2, 0.25) is 0 Å². The largest absolute Gasteiger partial charge is 0.467 e. The van der Waals surface area contributed by atoms with Crippen molar-refractivity contribution in [2.75, 3.05) is 0 Å². The standard InChI is InChI=1S/C15H26O2/c1-2-3-4-5-6-7-8-9-11-14(16)15-12-10-13-17-15/h10,12-14,16H,2-9,11H2,1H3/t14-/m0/s1. The van der Waals surface area contributed by atoms with Gasteiger partial charge in [0, 0.05) is 0 Å². The van der Waals surface area contributed by atoms with Crippen molar-refractivity contribution in [3.63, 3.8) is 0 Å². The van der Waals surface area contributed by atoms with Gasteiger partial charge in [0.05, 0.1) is 6.26 Å². The normalized spacial score (nSPS) is 12.8. The molecule has 1 rings (SSSR count). The molecule has 0 aliphatic heterocycles. The second kappa shape index (κ2) is 9.29. The van der Waals surface area contributed by atoms with Crippen molar-refractivity contribution in [1.29, 1.82) is 0 Å². The van der Waals surface area contributed by atoms with Crippen LogP contribution in [-0.4, -0.2) is 5.11 Å². The van der Waals surface area contributed by atoms with E-state index in [-0.39, 0.29) is 0 Å². The average molecular weight is 238 g/mol. The minimum atomic E-state index is -0.412. The monoisotopic (exact) mass is 238 g/mol. The van der Waals surface area contributed by atoms with Crippen molar-refractivity contribution >= 4 is 0 Å². The van der Waals surface area contributed by atoms with Gasteiger partial charge >= 0.3 is 0 Å². The van der Waals surface area contributed by atoms with Crippen LogP contribution < -0.4 is 0 Å². The number of hydrogen-bond donors (Lipinski definition) is 1.